The molecular weight excluding hydrogens is 380 g/mol. The highest BCUT2D eigenvalue weighted by Crippen LogP contribution is 2.38. The van der Waals surface area contributed by atoms with Crippen molar-refractivity contribution >= 4 is 28.3 Å². The molecule has 4 aromatic rings. The smallest absolute Gasteiger partial charge is 0.230 e. The lowest BCUT2D eigenvalue weighted by Gasteiger charge is -2.11. The zero-order valence-electron chi connectivity index (χ0n) is 15.7. The van der Waals surface area contributed by atoms with Gasteiger partial charge in [0.05, 0.1) is 29.8 Å². The second kappa shape index (κ2) is 6.93. The van der Waals surface area contributed by atoms with E-state index in [0.29, 0.717) is 29.1 Å². The number of hydrogen-bond acceptors (Lipinski definition) is 7. The summed E-state index contributed by atoms with van der Waals surface area (Å²) in [6.45, 7) is 0. The highest BCUT2D eigenvalue weighted by Gasteiger charge is 2.43. The maximum absolute atomic E-state index is 12.3. The Morgan fingerprint density at radius 1 is 1.27 bits per heavy atom. The average molecular weight is 396 g/mol. The van der Waals surface area contributed by atoms with Gasteiger partial charge in [-0.1, -0.05) is 0 Å². The maximum Gasteiger partial charge on any atom is 0.230 e. The van der Waals surface area contributed by atoms with E-state index in [2.05, 4.69) is 36.5 Å². The van der Waals surface area contributed by atoms with Gasteiger partial charge in [0.25, 0.3) is 0 Å². The van der Waals surface area contributed by atoms with Crippen LogP contribution in [0.5, 0.6) is 0 Å². The summed E-state index contributed by atoms with van der Waals surface area (Å²) in [6.07, 6.45) is 9.15. The average Bonchev–Trinajstić information content (AvgIpc) is 3.36. The number of amides is 1. The van der Waals surface area contributed by atoms with E-state index < -0.39 is 0 Å². The molecule has 0 saturated heterocycles. The molecule has 1 aliphatic carbocycles. The van der Waals surface area contributed by atoms with Crippen molar-refractivity contribution in [3.05, 3.63) is 49.2 Å². The third-order valence-corrected chi connectivity index (χ3v) is 5.20. The molecule has 0 aliphatic heterocycles. The predicted molar refractivity (Wildman–Crippen MR) is 111 cm³/mol. The zero-order chi connectivity index (χ0) is 20.7. The van der Waals surface area contributed by atoms with E-state index in [1.807, 2.05) is 12.1 Å². The Morgan fingerprint density at radius 2 is 2.17 bits per heavy atom. The molecule has 5 rings (SSSR count). The number of carbonyl (C=O) groups is 1. The SMILES string of the molecule is N#CC1CC1C(=O)Nc1cc2cc(-c3cnccc3-c3cn[nH]c3)nc(N)c2cn1. The van der Waals surface area contributed by atoms with Crippen LogP contribution in [0.25, 0.3) is 33.2 Å². The summed E-state index contributed by atoms with van der Waals surface area (Å²) >= 11 is 0. The van der Waals surface area contributed by atoms with Crippen LogP contribution >= 0.6 is 0 Å². The fourth-order valence-electron chi connectivity index (χ4n) is 3.48. The van der Waals surface area contributed by atoms with Crippen LogP contribution in [0, 0.1) is 23.2 Å². The first-order chi connectivity index (χ1) is 14.6. The summed E-state index contributed by atoms with van der Waals surface area (Å²) in [7, 11) is 0. The Bertz CT molecular complexity index is 1310. The molecule has 1 fully saturated rings. The van der Waals surface area contributed by atoms with Crippen molar-refractivity contribution in [2.24, 2.45) is 11.8 Å². The lowest BCUT2D eigenvalue weighted by Crippen LogP contribution is -2.15. The van der Waals surface area contributed by atoms with Gasteiger partial charge in [0.15, 0.2) is 0 Å². The quantitative estimate of drug-likeness (QED) is 0.480. The Hall–Kier alpha value is -4.32. The number of anilines is 2. The molecule has 4 aromatic heterocycles. The van der Waals surface area contributed by atoms with Gasteiger partial charge in [-0.15, -0.1) is 0 Å². The van der Waals surface area contributed by atoms with Crippen molar-refractivity contribution in [2.75, 3.05) is 11.1 Å². The molecule has 2 atom stereocenters. The van der Waals surface area contributed by atoms with Crippen LogP contribution in [0.2, 0.25) is 0 Å². The minimum atomic E-state index is -0.265. The zero-order valence-corrected chi connectivity index (χ0v) is 15.7. The van der Waals surface area contributed by atoms with Crippen molar-refractivity contribution in [3.8, 4) is 28.5 Å². The molecule has 4 N–H and O–H groups in total. The molecule has 0 radical (unpaired) electrons. The lowest BCUT2D eigenvalue weighted by atomic mass is 10.0. The van der Waals surface area contributed by atoms with E-state index in [-0.39, 0.29) is 17.7 Å². The molecule has 0 spiro atoms. The summed E-state index contributed by atoms with van der Waals surface area (Å²) in [4.78, 5) is 25.3. The number of nitrogens with one attached hydrogen (secondary N) is 2. The van der Waals surface area contributed by atoms with Crippen molar-refractivity contribution in [1.29, 1.82) is 5.26 Å². The van der Waals surface area contributed by atoms with Gasteiger partial charge in [-0.3, -0.25) is 14.9 Å². The van der Waals surface area contributed by atoms with E-state index in [9.17, 15) is 4.79 Å². The standard InChI is InChI=1S/C21H16N8O/c22-6-12-3-15(12)21(30)29-19-5-11-4-18(28-20(23)16(11)10-25-19)17-9-24-2-1-14(17)13-7-26-27-8-13/h1-2,4-5,7-10,12,15H,3H2,(H2,23,28)(H,26,27)(H,25,29,30). The topological polar surface area (TPSA) is 146 Å². The number of nitrogen functional groups attached to an aromatic ring is 1. The Balaban J connectivity index is 1.54. The van der Waals surface area contributed by atoms with Gasteiger partial charge >= 0.3 is 0 Å². The maximum atomic E-state index is 12.3. The molecule has 1 saturated carbocycles. The number of nitrogens with zero attached hydrogens (tertiary/aromatic N) is 5. The van der Waals surface area contributed by atoms with Crippen molar-refractivity contribution in [1.82, 2.24) is 25.1 Å². The minimum absolute atomic E-state index is 0.190. The number of hydrogen-bond donors (Lipinski definition) is 3. The highest BCUT2D eigenvalue weighted by atomic mass is 16.2. The van der Waals surface area contributed by atoms with Gasteiger partial charge in [0, 0.05) is 41.3 Å². The number of carbonyl (C=O) groups excluding carboxylic acids is 1. The molecule has 4 heterocycles. The van der Waals surface area contributed by atoms with E-state index in [4.69, 9.17) is 11.0 Å². The van der Waals surface area contributed by atoms with Crippen LogP contribution in [0.15, 0.2) is 49.2 Å². The fourth-order valence-corrected chi connectivity index (χ4v) is 3.48. The van der Waals surface area contributed by atoms with Crippen LogP contribution in [0.4, 0.5) is 11.6 Å². The van der Waals surface area contributed by atoms with Crippen molar-refractivity contribution < 1.29 is 4.79 Å². The van der Waals surface area contributed by atoms with Crippen LogP contribution in [-0.2, 0) is 4.79 Å². The minimum Gasteiger partial charge on any atom is -0.383 e. The summed E-state index contributed by atoms with van der Waals surface area (Å²) in [5.74, 6) is 0.0861. The molecule has 1 aliphatic rings. The number of aromatic nitrogens is 5. The Labute approximate surface area is 171 Å². The van der Waals surface area contributed by atoms with Crippen LogP contribution in [0.3, 0.4) is 0 Å². The molecule has 2 unspecified atom stereocenters. The van der Waals surface area contributed by atoms with Gasteiger partial charge in [-0.25, -0.2) is 9.97 Å². The van der Waals surface area contributed by atoms with Gasteiger partial charge < -0.3 is 11.1 Å². The number of fused-ring (bicyclic) bond motifs is 1. The molecule has 0 bridgehead atoms. The molecule has 146 valence electrons. The lowest BCUT2D eigenvalue weighted by molar-refractivity contribution is -0.117. The number of H-pyrrole nitrogens is 1. The van der Waals surface area contributed by atoms with Crippen LogP contribution < -0.4 is 11.1 Å². The number of rotatable bonds is 4. The fraction of sp³-hybridized carbons (Fsp3) is 0.143. The second-order valence-corrected chi connectivity index (χ2v) is 7.16. The first-order valence-electron chi connectivity index (χ1n) is 9.34. The molecule has 0 aromatic carbocycles. The van der Waals surface area contributed by atoms with E-state index >= 15 is 0 Å². The summed E-state index contributed by atoms with van der Waals surface area (Å²) in [6, 6.07) is 7.65. The summed E-state index contributed by atoms with van der Waals surface area (Å²) in [5, 5.41) is 20.0. The second-order valence-electron chi connectivity index (χ2n) is 7.16. The summed E-state index contributed by atoms with van der Waals surface area (Å²) < 4.78 is 0. The first-order valence-corrected chi connectivity index (χ1v) is 9.34. The van der Waals surface area contributed by atoms with Gasteiger partial charge in [0.1, 0.15) is 11.6 Å². The van der Waals surface area contributed by atoms with E-state index in [1.54, 1.807) is 37.1 Å². The third kappa shape index (κ3) is 3.10. The molecule has 9 heteroatoms. The van der Waals surface area contributed by atoms with E-state index in [0.717, 1.165) is 22.1 Å². The number of aromatic amines is 1. The Morgan fingerprint density at radius 3 is 2.93 bits per heavy atom. The Kier molecular flexibility index (Phi) is 4.10. The molecule has 30 heavy (non-hydrogen) atoms. The predicted octanol–water partition coefficient (Wildman–Crippen LogP) is 2.76. The number of nitriles is 1. The number of nitrogens with two attached hydrogens (primary N) is 1. The summed E-state index contributed by atoms with van der Waals surface area (Å²) in [5.41, 5.74) is 9.49. The monoisotopic (exact) mass is 396 g/mol. The van der Waals surface area contributed by atoms with Gasteiger partial charge in [-0.05, 0) is 35.6 Å². The molecule has 9 nitrogen and oxygen atoms in total. The first kappa shape index (κ1) is 17.8. The van der Waals surface area contributed by atoms with Crippen molar-refractivity contribution in [2.45, 2.75) is 6.42 Å². The highest BCUT2D eigenvalue weighted by molar-refractivity contribution is 5.99. The molecule has 1 amide bonds. The largest absolute Gasteiger partial charge is 0.383 e. The molecular formula is C21H16N8O. The van der Waals surface area contributed by atoms with Crippen molar-refractivity contribution in [3.63, 3.8) is 0 Å². The van der Waals surface area contributed by atoms with Crippen LogP contribution in [-0.4, -0.2) is 31.1 Å². The normalized spacial score (nSPS) is 17.4. The van der Waals surface area contributed by atoms with Crippen LogP contribution in [0.1, 0.15) is 6.42 Å². The number of pyridine rings is 3. The van der Waals surface area contributed by atoms with E-state index in [1.165, 1.54) is 0 Å². The van der Waals surface area contributed by atoms with Gasteiger partial charge in [0.2, 0.25) is 5.91 Å². The third-order valence-electron chi connectivity index (χ3n) is 5.20. The van der Waals surface area contributed by atoms with Gasteiger partial charge in [-0.2, -0.15) is 10.4 Å².